The smallest absolute Gasteiger partial charge is 0.319 e. The van der Waals surface area contributed by atoms with E-state index in [4.69, 9.17) is 4.74 Å². The SMILES string of the molecule is CCOC(=O)C(Br)CCCc1ccccc1. The highest BCUT2D eigenvalue weighted by atomic mass is 79.9. The average molecular weight is 285 g/mol. The summed E-state index contributed by atoms with van der Waals surface area (Å²) < 4.78 is 4.92. The van der Waals surface area contributed by atoms with Gasteiger partial charge in [0.25, 0.3) is 0 Å². The van der Waals surface area contributed by atoms with Crippen molar-refractivity contribution in [2.24, 2.45) is 0 Å². The van der Waals surface area contributed by atoms with E-state index >= 15 is 0 Å². The number of hydrogen-bond donors (Lipinski definition) is 0. The van der Waals surface area contributed by atoms with E-state index in [0.717, 1.165) is 19.3 Å². The zero-order chi connectivity index (χ0) is 11.8. The summed E-state index contributed by atoms with van der Waals surface area (Å²) in [6, 6.07) is 10.3. The third kappa shape index (κ3) is 4.79. The van der Waals surface area contributed by atoms with Crippen LogP contribution in [0.15, 0.2) is 30.3 Å². The minimum Gasteiger partial charge on any atom is -0.465 e. The number of esters is 1. The van der Waals surface area contributed by atoms with Gasteiger partial charge in [0, 0.05) is 0 Å². The van der Waals surface area contributed by atoms with Crippen molar-refractivity contribution in [2.45, 2.75) is 31.0 Å². The molecular weight excluding hydrogens is 268 g/mol. The van der Waals surface area contributed by atoms with Gasteiger partial charge in [-0.25, -0.2) is 0 Å². The lowest BCUT2D eigenvalue weighted by Gasteiger charge is -2.08. The summed E-state index contributed by atoms with van der Waals surface area (Å²) in [6.07, 6.45) is 2.80. The first-order chi connectivity index (χ1) is 7.74. The van der Waals surface area contributed by atoms with E-state index in [1.54, 1.807) is 0 Å². The number of carbonyl (C=O) groups excluding carboxylic acids is 1. The minimum atomic E-state index is -0.170. The van der Waals surface area contributed by atoms with Crippen LogP contribution in [-0.2, 0) is 16.0 Å². The molecule has 0 N–H and O–H groups in total. The summed E-state index contributed by atoms with van der Waals surface area (Å²) in [7, 11) is 0. The van der Waals surface area contributed by atoms with Gasteiger partial charge in [0.2, 0.25) is 0 Å². The molecule has 0 aromatic heterocycles. The third-order valence-electron chi connectivity index (χ3n) is 2.31. The van der Waals surface area contributed by atoms with Gasteiger partial charge in [-0.1, -0.05) is 46.3 Å². The van der Waals surface area contributed by atoms with E-state index in [1.165, 1.54) is 5.56 Å². The van der Waals surface area contributed by atoms with Gasteiger partial charge in [0.1, 0.15) is 4.83 Å². The first-order valence-electron chi connectivity index (χ1n) is 5.58. The monoisotopic (exact) mass is 284 g/mol. The second kappa shape index (κ2) is 7.44. The Morgan fingerprint density at radius 1 is 1.38 bits per heavy atom. The molecule has 0 amide bonds. The molecular formula is C13H17BrO2. The second-order valence-electron chi connectivity index (χ2n) is 3.60. The van der Waals surface area contributed by atoms with Gasteiger partial charge in [-0.2, -0.15) is 0 Å². The number of rotatable bonds is 6. The fourth-order valence-corrected chi connectivity index (χ4v) is 1.94. The lowest BCUT2D eigenvalue weighted by molar-refractivity contribution is -0.142. The van der Waals surface area contributed by atoms with Crippen LogP contribution >= 0.6 is 15.9 Å². The number of aryl methyl sites for hydroxylation is 1. The number of halogens is 1. The van der Waals surface area contributed by atoms with Crippen molar-refractivity contribution >= 4 is 21.9 Å². The van der Waals surface area contributed by atoms with Gasteiger partial charge in [-0.05, 0) is 31.7 Å². The Morgan fingerprint density at radius 3 is 2.69 bits per heavy atom. The summed E-state index contributed by atoms with van der Waals surface area (Å²) in [5.41, 5.74) is 1.31. The van der Waals surface area contributed by atoms with Crippen LogP contribution in [0.1, 0.15) is 25.3 Å². The number of alkyl halides is 1. The zero-order valence-electron chi connectivity index (χ0n) is 9.49. The van der Waals surface area contributed by atoms with E-state index in [9.17, 15) is 4.79 Å². The predicted molar refractivity (Wildman–Crippen MR) is 68.7 cm³/mol. The van der Waals surface area contributed by atoms with Crippen LogP contribution in [0.4, 0.5) is 0 Å². The van der Waals surface area contributed by atoms with Crippen molar-refractivity contribution < 1.29 is 9.53 Å². The van der Waals surface area contributed by atoms with Crippen LogP contribution in [0.25, 0.3) is 0 Å². The second-order valence-corrected chi connectivity index (χ2v) is 4.70. The largest absolute Gasteiger partial charge is 0.465 e. The highest BCUT2D eigenvalue weighted by molar-refractivity contribution is 9.10. The van der Waals surface area contributed by atoms with Gasteiger partial charge in [-0.3, -0.25) is 4.79 Å². The molecule has 0 bridgehead atoms. The standard InChI is InChI=1S/C13H17BrO2/c1-2-16-13(15)12(14)10-6-9-11-7-4-3-5-8-11/h3-5,7-8,12H,2,6,9-10H2,1H3. The Morgan fingerprint density at radius 2 is 2.06 bits per heavy atom. The summed E-state index contributed by atoms with van der Waals surface area (Å²) in [6.45, 7) is 2.27. The molecule has 0 radical (unpaired) electrons. The normalized spacial score (nSPS) is 12.1. The van der Waals surface area contributed by atoms with Crippen LogP contribution in [-0.4, -0.2) is 17.4 Å². The minimum absolute atomic E-state index is 0.157. The van der Waals surface area contributed by atoms with Gasteiger partial charge < -0.3 is 4.74 Å². The maximum Gasteiger partial charge on any atom is 0.319 e. The molecule has 88 valence electrons. The van der Waals surface area contributed by atoms with Gasteiger partial charge in [-0.15, -0.1) is 0 Å². The average Bonchev–Trinajstić information content (AvgIpc) is 2.30. The maximum atomic E-state index is 11.3. The Balaban J connectivity index is 2.23. The molecule has 3 heteroatoms. The van der Waals surface area contributed by atoms with Crippen LogP contribution < -0.4 is 0 Å². The molecule has 2 nitrogen and oxygen atoms in total. The maximum absolute atomic E-state index is 11.3. The fraction of sp³-hybridized carbons (Fsp3) is 0.462. The first kappa shape index (κ1) is 13.2. The third-order valence-corrected chi connectivity index (χ3v) is 3.14. The molecule has 0 heterocycles. The molecule has 0 saturated heterocycles. The Kier molecular flexibility index (Phi) is 6.16. The predicted octanol–water partition coefficient (Wildman–Crippen LogP) is 3.34. The summed E-state index contributed by atoms with van der Waals surface area (Å²) >= 11 is 3.34. The molecule has 1 unspecified atom stereocenters. The van der Waals surface area contributed by atoms with Crippen LogP contribution in [0.3, 0.4) is 0 Å². The molecule has 0 spiro atoms. The molecule has 0 aliphatic rings. The molecule has 0 aliphatic heterocycles. The molecule has 1 aromatic carbocycles. The molecule has 0 saturated carbocycles. The summed E-state index contributed by atoms with van der Waals surface area (Å²) in [5, 5.41) is 0. The Labute approximate surface area is 105 Å². The van der Waals surface area contributed by atoms with Crippen LogP contribution in [0.2, 0.25) is 0 Å². The molecule has 1 atom stereocenters. The van der Waals surface area contributed by atoms with E-state index in [2.05, 4.69) is 28.1 Å². The zero-order valence-corrected chi connectivity index (χ0v) is 11.1. The number of carbonyl (C=O) groups is 1. The molecule has 1 aromatic rings. The molecule has 16 heavy (non-hydrogen) atoms. The number of benzene rings is 1. The van der Waals surface area contributed by atoms with E-state index < -0.39 is 0 Å². The molecule has 0 aliphatic carbocycles. The topological polar surface area (TPSA) is 26.3 Å². The lowest BCUT2D eigenvalue weighted by atomic mass is 10.1. The lowest BCUT2D eigenvalue weighted by Crippen LogP contribution is -2.17. The first-order valence-corrected chi connectivity index (χ1v) is 6.50. The van der Waals surface area contributed by atoms with Gasteiger partial charge in [0.15, 0.2) is 0 Å². The van der Waals surface area contributed by atoms with Crippen molar-refractivity contribution in [2.75, 3.05) is 6.61 Å². The van der Waals surface area contributed by atoms with Crippen molar-refractivity contribution in [3.05, 3.63) is 35.9 Å². The van der Waals surface area contributed by atoms with E-state index in [1.807, 2.05) is 25.1 Å². The Hall–Kier alpha value is -0.830. The summed E-state index contributed by atoms with van der Waals surface area (Å²) in [4.78, 5) is 11.1. The van der Waals surface area contributed by atoms with E-state index in [-0.39, 0.29) is 10.8 Å². The van der Waals surface area contributed by atoms with Crippen LogP contribution in [0, 0.1) is 0 Å². The van der Waals surface area contributed by atoms with E-state index in [0.29, 0.717) is 6.61 Å². The van der Waals surface area contributed by atoms with Crippen molar-refractivity contribution in [1.29, 1.82) is 0 Å². The number of hydrogen-bond acceptors (Lipinski definition) is 2. The van der Waals surface area contributed by atoms with Gasteiger partial charge in [0.05, 0.1) is 6.61 Å². The fourth-order valence-electron chi connectivity index (χ4n) is 1.48. The Bertz CT molecular complexity index is 311. The molecule has 0 fully saturated rings. The van der Waals surface area contributed by atoms with Gasteiger partial charge >= 0.3 is 5.97 Å². The highest BCUT2D eigenvalue weighted by Gasteiger charge is 2.14. The summed E-state index contributed by atoms with van der Waals surface area (Å²) in [5.74, 6) is -0.157. The molecule has 1 rings (SSSR count). The quantitative estimate of drug-likeness (QED) is 0.592. The highest BCUT2D eigenvalue weighted by Crippen LogP contribution is 2.13. The van der Waals surface area contributed by atoms with Crippen molar-refractivity contribution in [3.8, 4) is 0 Å². The van der Waals surface area contributed by atoms with Crippen molar-refractivity contribution in [3.63, 3.8) is 0 Å². The van der Waals surface area contributed by atoms with Crippen LogP contribution in [0.5, 0.6) is 0 Å². The number of ether oxygens (including phenoxy) is 1. The van der Waals surface area contributed by atoms with Crippen molar-refractivity contribution in [1.82, 2.24) is 0 Å².